The van der Waals surface area contributed by atoms with Gasteiger partial charge in [-0.1, -0.05) is 20.3 Å². The van der Waals surface area contributed by atoms with Gasteiger partial charge in [-0.2, -0.15) is 11.8 Å². The second-order valence-electron chi connectivity index (χ2n) is 8.55. The molecular weight excluding hydrogens is 446 g/mol. The fourth-order valence-corrected chi connectivity index (χ4v) is 4.12. The lowest BCUT2D eigenvalue weighted by atomic mass is 9.97. The minimum absolute atomic E-state index is 0.218. The van der Waals surface area contributed by atoms with E-state index in [9.17, 15) is 24.3 Å². The third kappa shape index (κ3) is 10.3. The van der Waals surface area contributed by atoms with Gasteiger partial charge in [-0.25, -0.2) is 4.79 Å². The van der Waals surface area contributed by atoms with Gasteiger partial charge in [-0.15, -0.1) is 0 Å². The lowest BCUT2D eigenvalue weighted by molar-refractivity contribution is -0.143. The number of carbonyl (C=O) groups is 4. The Labute approximate surface area is 200 Å². The van der Waals surface area contributed by atoms with Gasteiger partial charge in [0, 0.05) is 0 Å². The number of hydrogen-bond acceptors (Lipinski definition) is 7. The molecule has 11 heteroatoms. The van der Waals surface area contributed by atoms with Gasteiger partial charge >= 0.3 is 5.97 Å². The van der Waals surface area contributed by atoms with Crippen molar-refractivity contribution in [1.82, 2.24) is 21.3 Å². The van der Waals surface area contributed by atoms with Gasteiger partial charge in [0.1, 0.15) is 18.1 Å². The van der Waals surface area contributed by atoms with Gasteiger partial charge in [0.05, 0.1) is 6.04 Å². The number of unbranched alkanes of at least 4 members (excludes halogenated alkanes) is 1. The first-order valence-corrected chi connectivity index (χ1v) is 13.2. The van der Waals surface area contributed by atoms with Crippen LogP contribution in [0.25, 0.3) is 0 Å². The monoisotopic (exact) mass is 487 g/mol. The number of thioether (sulfide) groups is 1. The normalized spacial score (nSPS) is 19.2. The van der Waals surface area contributed by atoms with Crippen molar-refractivity contribution in [1.29, 1.82) is 0 Å². The van der Waals surface area contributed by atoms with Crippen LogP contribution in [-0.4, -0.2) is 78.1 Å². The number of hydrogen-bond donors (Lipinski definition) is 6. The SMILES string of the molecule is CCC(C)C(NC(=O)C(CCSC)NC(=O)C1CCCN1)C(=O)NC(CCCCN)C(=O)O. The molecule has 7 N–H and O–H groups in total. The maximum atomic E-state index is 13.1. The fourth-order valence-electron chi connectivity index (χ4n) is 3.65. The Bertz CT molecular complexity index is 645. The summed E-state index contributed by atoms with van der Waals surface area (Å²) < 4.78 is 0. The molecule has 33 heavy (non-hydrogen) atoms. The Kier molecular flexibility index (Phi) is 14.1. The van der Waals surface area contributed by atoms with Crippen LogP contribution in [0.3, 0.4) is 0 Å². The Hall–Kier alpha value is -1.85. The zero-order valence-corrected chi connectivity index (χ0v) is 20.8. The summed E-state index contributed by atoms with van der Waals surface area (Å²) in [5, 5.41) is 20.8. The highest BCUT2D eigenvalue weighted by Gasteiger charge is 2.33. The van der Waals surface area contributed by atoms with E-state index in [2.05, 4.69) is 21.3 Å². The summed E-state index contributed by atoms with van der Waals surface area (Å²) in [4.78, 5) is 50.2. The zero-order chi connectivity index (χ0) is 24.8. The van der Waals surface area contributed by atoms with Crippen molar-refractivity contribution in [3.8, 4) is 0 Å². The molecule has 1 aliphatic heterocycles. The first-order valence-electron chi connectivity index (χ1n) is 11.8. The molecule has 1 saturated heterocycles. The van der Waals surface area contributed by atoms with E-state index in [1.807, 2.05) is 20.1 Å². The second kappa shape index (κ2) is 15.9. The molecular formula is C22H41N5O5S. The number of nitrogens with one attached hydrogen (secondary N) is 4. The summed E-state index contributed by atoms with van der Waals surface area (Å²) in [6, 6.07) is -3.04. The molecule has 5 unspecified atom stereocenters. The highest BCUT2D eigenvalue weighted by Crippen LogP contribution is 2.12. The predicted molar refractivity (Wildman–Crippen MR) is 130 cm³/mol. The number of carbonyl (C=O) groups excluding carboxylic acids is 3. The van der Waals surface area contributed by atoms with Crippen LogP contribution in [0.15, 0.2) is 0 Å². The van der Waals surface area contributed by atoms with Crippen LogP contribution in [0, 0.1) is 5.92 Å². The van der Waals surface area contributed by atoms with Gasteiger partial charge in [0.2, 0.25) is 17.7 Å². The molecule has 1 fully saturated rings. The Morgan fingerprint density at radius 2 is 1.82 bits per heavy atom. The molecule has 0 bridgehead atoms. The average Bonchev–Trinajstić information content (AvgIpc) is 3.33. The first kappa shape index (κ1) is 29.2. The van der Waals surface area contributed by atoms with Crippen LogP contribution in [0.1, 0.15) is 58.8 Å². The number of aliphatic carboxylic acids is 1. The molecule has 0 aromatic heterocycles. The standard InChI is InChI=1S/C22H41N5O5S/c1-4-14(2)18(21(30)26-17(22(31)32)8-5-6-11-23)27-20(29)16(10-13-33-3)25-19(28)15-9-7-12-24-15/h14-18,24H,4-13,23H2,1-3H3,(H,25,28)(H,26,30)(H,27,29)(H,31,32). The largest absolute Gasteiger partial charge is 0.480 e. The Balaban J connectivity index is 2.88. The van der Waals surface area contributed by atoms with E-state index >= 15 is 0 Å². The third-order valence-corrected chi connectivity index (χ3v) is 6.62. The van der Waals surface area contributed by atoms with Crippen molar-refractivity contribution in [2.45, 2.75) is 83.0 Å². The van der Waals surface area contributed by atoms with Crippen LogP contribution in [0.5, 0.6) is 0 Å². The molecule has 1 rings (SSSR count). The quantitative estimate of drug-likeness (QED) is 0.168. The number of carboxylic acids is 1. The van der Waals surface area contributed by atoms with Crippen LogP contribution in [0.2, 0.25) is 0 Å². The van der Waals surface area contributed by atoms with Gasteiger partial charge in [-0.3, -0.25) is 14.4 Å². The molecule has 1 heterocycles. The number of rotatable bonds is 16. The number of carboxylic acid groups (broad SMARTS) is 1. The Morgan fingerprint density at radius 1 is 1.09 bits per heavy atom. The minimum atomic E-state index is -1.12. The third-order valence-electron chi connectivity index (χ3n) is 5.98. The van der Waals surface area contributed by atoms with Crippen LogP contribution in [0.4, 0.5) is 0 Å². The van der Waals surface area contributed by atoms with Gasteiger partial charge < -0.3 is 32.1 Å². The van der Waals surface area contributed by atoms with E-state index < -0.39 is 35.9 Å². The van der Waals surface area contributed by atoms with Crippen LogP contribution >= 0.6 is 11.8 Å². The predicted octanol–water partition coefficient (Wildman–Crippen LogP) is 0.206. The molecule has 0 spiro atoms. The molecule has 1 aliphatic rings. The second-order valence-corrected chi connectivity index (χ2v) is 9.53. The summed E-state index contributed by atoms with van der Waals surface area (Å²) in [5.74, 6) is -1.87. The topological polar surface area (TPSA) is 163 Å². The van der Waals surface area contributed by atoms with E-state index in [1.54, 1.807) is 11.8 Å². The maximum absolute atomic E-state index is 13.1. The molecule has 190 valence electrons. The minimum Gasteiger partial charge on any atom is -0.480 e. The number of amides is 3. The average molecular weight is 488 g/mol. The zero-order valence-electron chi connectivity index (χ0n) is 20.0. The van der Waals surface area contributed by atoms with Gasteiger partial charge in [0.15, 0.2) is 0 Å². The molecule has 5 atom stereocenters. The summed E-state index contributed by atoms with van der Waals surface area (Å²) in [6.07, 6.45) is 6.09. The summed E-state index contributed by atoms with van der Waals surface area (Å²) in [5.41, 5.74) is 5.47. The fraction of sp³-hybridized carbons (Fsp3) is 0.818. The van der Waals surface area contributed by atoms with Crippen LogP contribution < -0.4 is 27.0 Å². The van der Waals surface area contributed by atoms with E-state index in [4.69, 9.17) is 5.73 Å². The van der Waals surface area contributed by atoms with Crippen molar-refractivity contribution in [2.24, 2.45) is 11.7 Å². The molecule has 0 saturated carbocycles. The van der Waals surface area contributed by atoms with E-state index in [0.717, 1.165) is 19.4 Å². The first-order chi connectivity index (χ1) is 15.7. The van der Waals surface area contributed by atoms with Gasteiger partial charge in [0.25, 0.3) is 0 Å². The number of nitrogens with two attached hydrogens (primary N) is 1. The van der Waals surface area contributed by atoms with Crippen molar-refractivity contribution < 1.29 is 24.3 Å². The van der Waals surface area contributed by atoms with Crippen molar-refractivity contribution in [3.05, 3.63) is 0 Å². The molecule has 0 aromatic rings. The highest BCUT2D eigenvalue weighted by molar-refractivity contribution is 7.98. The molecule has 0 aromatic carbocycles. The molecule has 0 aliphatic carbocycles. The maximum Gasteiger partial charge on any atom is 0.326 e. The molecule has 3 amide bonds. The van der Waals surface area contributed by atoms with E-state index in [-0.39, 0.29) is 24.3 Å². The summed E-state index contributed by atoms with van der Waals surface area (Å²) >= 11 is 1.56. The highest BCUT2D eigenvalue weighted by atomic mass is 32.2. The summed E-state index contributed by atoms with van der Waals surface area (Å²) in [6.45, 7) is 4.94. The Morgan fingerprint density at radius 3 is 2.36 bits per heavy atom. The van der Waals surface area contributed by atoms with Crippen LogP contribution in [-0.2, 0) is 19.2 Å². The lowest BCUT2D eigenvalue weighted by Gasteiger charge is -2.28. The lowest BCUT2D eigenvalue weighted by Crippen LogP contribution is -2.58. The van der Waals surface area contributed by atoms with Crippen molar-refractivity contribution in [2.75, 3.05) is 25.1 Å². The van der Waals surface area contributed by atoms with Gasteiger partial charge in [-0.05, 0) is 69.5 Å². The van der Waals surface area contributed by atoms with E-state index in [0.29, 0.717) is 38.0 Å². The smallest absolute Gasteiger partial charge is 0.326 e. The van der Waals surface area contributed by atoms with Crippen molar-refractivity contribution in [3.63, 3.8) is 0 Å². The van der Waals surface area contributed by atoms with E-state index in [1.165, 1.54) is 0 Å². The van der Waals surface area contributed by atoms with Crippen molar-refractivity contribution >= 4 is 35.5 Å². The molecule has 10 nitrogen and oxygen atoms in total. The molecule has 0 radical (unpaired) electrons. The summed E-state index contributed by atoms with van der Waals surface area (Å²) in [7, 11) is 0.